The first-order valence-electron chi connectivity index (χ1n) is 10.6. The number of carbonyl (C=O) groups is 1. The average molecular weight is 412 g/mol. The molecular weight excluding hydrogens is 382 g/mol. The van der Waals surface area contributed by atoms with Crippen molar-refractivity contribution < 1.29 is 4.79 Å². The highest BCUT2D eigenvalue weighted by atomic mass is 35.5. The fourth-order valence-corrected chi connectivity index (χ4v) is 4.03. The van der Waals surface area contributed by atoms with Crippen molar-refractivity contribution in [3.8, 4) is 0 Å². The minimum atomic E-state index is -0.0946. The second-order valence-electron chi connectivity index (χ2n) is 7.64. The molecule has 0 aliphatic rings. The Morgan fingerprint density at radius 2 is 1.72 bits per heavy atom. The molecule has 1 aromatic heterocycles. The van der Waals surface area contributed by atoms with Crippen LogP contribution in [0, 0.1) is 5.92 Å². The third-order valence-corrected chi connectivity index (χ3v) is 5.60. The van der Waals surface area contributed by atoms with Crippen LogP contribution in [0.25, 0.3) is 10.9 Å². The third-order valence-electron chi connectivity index (χ3n) is 5.35. The average Bonchev–Trinajstić information content (AvgIpc) is 3.09. The number of rotatable bonds is 10. The summed E-state index contributed by atoms with van der Waals surface area (Å²) in [6.07, 6.45) is 5.86. The largest absolute Gasteiger partial charge is 0.351 e. The van der Waals surface area contributed by atoms with Gasteiger partial charge in [0.15, 0.2) is 5.69 Å². The SMILES string of the molecule is CCCC(CCC)CCNC(=O)c1nn(Cc2ccc(Cl)cc2)c2ccccc12. The van der Waals surface area contributed by atoms with Crippen LogP contribution in [-0.4, -0.2) is 22.2 Å². The standard InChI is InChI=1S/C24H30ClN3O/c1-3-7-18(8-4-2)15-16-26-24(29)23-21-9-5-6-10-22(21)28(27-23)17-19-11-13-20(25)14-12-19/h5-6,9-14,18H,3-4,7-8,15-17H2,1-2H3,(H,26,29). The van der Waals surface area contributed by atoms with Gasteiger partial charge in [0.1, 0.15) is 0 Å². The molecule has 0 unspecified atom stereocenters. The minimum absolute atomic E-state index is 0.0946. The van der Waals surface area contributed by atoms with Crippen LogP contribution in [0.5, 0.6) is 0 Å². The first-order chi connectivity index (χ1) is 14.1. The zero-order valence-electron chi connectivity index (χ0n) is 17.3. The van der Waals surface area contributed by atoms with Crippen molar-refractivity contribution in [3.63, 3.8) is 0 Å². The number of nitrogens with one attached hydrogen (secondary N) is 1. The fourth-order valence-electron chi connectivity index (χ4n) is 3.90. The first kappa shape index (κ1) is 21.4. The van der Waals surface area contributed by atoms with E-state index in [-0.39, 0.29) is 5.91 Å². The fraction of sp³-hybridized carbons (Fsp3) is 0.417. The zero-order valence-corrected chi connectivity index (χ0v) is 18.1. The smallest absolute Gasteiger partial charge is 0.272 e. The van der Waals surface area contributed by atoms with Gasteiger partial charge in [-0.2, -0.15) is 5.10 Å². The van der Waals surface area contributed by atoms with Crippen molar-refractivity contribution in [1.29, 1.82) is 0 Å². The number of hydrogen-bond donors (Lipinski definition) is 1. The Morgan fingerprint density at radius 3 is 2.41 bits per heavy atom. The molecule has 1 amide bonds. The topological polar surface area (TPSA) is 46.9 Å². The van der Waals surface area contributed by atoms with Crippen LogP contribution < -0.4 is 5.32 Å². The van der Waals surface area contributed by atoms with Crippen molar-refractivity contribution >= 4 is 28.4 Å². The highest BCUT2D eigenvalue weighted by Gasteiger charge is 2.17. The van der Waals surface area contributed by atoms with Crippen LogP contribution in [-0.2, 0) is 6.54 Å². The molecule has 2 aromatic carbocycles. The first-order valence-corrected chi connectivity index (χ1v) is 11.0. The van der Waals surface area contributed by atoms with Crippen LogP contribution in [0.1, 0.15) is 62.0 Å². The van der Waals surface area contributed by atoms with E-state index >= 15 is 0 Å². The zero-order chi connectivity index (χ0) is 20.6. The molecule has 0 saturated carbocycles. The molecule has 1 N–H and O–H groups in total. The van der Waals surface area contributed by atoms with Gasteiger partial charge in [-0.05, 0) is 36.1 Å². The summed E-state index contributed by atoms with van der Waals surface area (Å²) in [6.45, 7) is 5.74. The van der Waals surface area contributed by atoms with Crippen LogP contribution in [0.2, 0.25) is 5.02 Å². The summed E-state index contributed by atoms with van der Waals surface area (Å²) in [5.41, 5.74) is 2.55. The number of benzene rings is 2. The van der Waals surface area contributed by atoms with Crippen LogP contribution in [0.4, 0.5) is 0 Å². The summed E-state index contributed by atoms with van der Waals surface area (Å²) >= 11 is 5.99. The van der Waals surface area contributed by atoms with Gasteiger partial charge in [-0.3, -0.25) is 9.48 Å². The van der Waals surface area contributed by atoms with Crippen molar-refractivity contribution in [1.82, 2.24) is 15.1 Å². The van der Waals surface area contributed by atoms with Crippen molar-refractivity contribution in [2.24, 2.45) is 5.92 Å². The van der Waals surface area contributed by atoms with E-state index in [1.54, 1.807) is 0 Å². The van der Waals surface area contributed by atoms with Gasteiger partial charge in [-0.1, -0.05) is 81.5 Å². The van der Waals surface area contributed by atoms with E-state index < -0.39 is 0 Å². The molecule has 3 aromatic rings. The summed E-state index contributed by atoms with van der Waals surface area (Å²) in [4.78, 5) is 12.9. The number of carbonyl (C=O) groups excluding carboxylic acids is 1. The van der Waals surface area contributed by atoms with E-state index in [0.717, 1.165) is 22.9 Å². The second kappa shape index (κ2) is 10.4. The monoisotopic (exact) mass is 411 g/mol. The summed E-state index contributed by atoms with van der Waals surface area (Å²) < 4.78 is 1.89. The predicted molar refractivity (Wildman–Crippen MR) is 121 cm³/mol. The number of para-hydroxylation sites is 1. The molecule has 0 saturated heterocycles. The lowest BCUT2D eigenvalue weighted by Gasteiger charge is -2.15. The van der Waals surface area contributed by atoms with Crippen molar-refractivity contribution in [3.05, 3.63) is 64.8 Å². The molecule has 29 heavy (non-hydrogen) atoms. The predicted octanol–water partition coefficient (Wildman–Crippen LogP) is 6.07. The lowest BCUT2D eigenvalue weighted by Crippen LogP contribution is -2.26. The van der Waals surface area contributed by atoms with Gasteiger partial charge in [0, 0.05) is 17.0 Å². The lowest BCUT2D eigenvalue weighted by molar-refractivity contribution is 0.0946. The van der Waals surface area contributed by atoms with Crippen LogP contribution >= 0.6 is 11.6 Å². The van der Waals surface area contributed by atoms with E-state index in [2.05, 4.69) is 24.3 Å². The Hall–Kier alpha value is -2.33. The molecule has 154 valence electrons. The maximum atomic E-state index is 12.9. The highest BCUT2D eigenvalue weighted by molar-refractivity contribution is 6.30. The molecule has 0 radical (unpaired) electrons. The van der Waals surface area contributed by atoms with Crippen LogP contribution in [0.3, 0.4) is 0 Å². The Labute approximate surface area is 178 Å². The highest BCUT2D eigenvalue weighted by Crippen LogP contribution is 2.21. The Balaban J connectivity index is 1.73. The molecule has 5 heteroatoms. The number of amides is 1. The molecule has 0 aliphatic heterocycles. The van der Waals surface area contributed by atoms with Gasteiger partial charge < -0.3 is 5.32 Å². The molecule has 1 heterocycles. The number of halogens is 1. The normalized spacial score (nSPS) is 11.3. The molecule has 0 spiro atoms. The third kappa shape index (κ3) is 5.60. The van der Waals surface area contributed by atoms with Gasteiger partial charge in [-0.25, -0.2) is 0 Å². The Morgan fingerprint density at radius 1 is 1.03 bits per heavy atom. The van der Waals surface area contributed by atoms with Crippen LogP contribution in [0.15, 0.2) is 48.5 Å². The second-order valence-corrected chi connectivity index (χ2v) is 8.07. The number of aromatic nitrogens is 2. The van der Waals surface area contributed by atoms with Gasteiger partial charge in [0.2, 0.25) is 0 Å². The number of nitrogens with zero attached hydrogens (tertiary/aromatic N) is 2. The van der Waals surface area contributed by atoms with E-state index in [9.17, 15) is 4.79 Å². The van der Waals surface area contributed by atoms with E-state index in [0.29, 0.717) is 29.7 Å². The van der Waals surface area contributed by atoms with Gasteiger partial charge in [0.05, 0.1) is 12.1 Å². The van der Waals surface area contributed by atoms with Gasteiger partial charge >= 0.3 is 0 Å². The van der Waals surface area contributed by atoms with E-state index in [1.807, 2.05) is 53.2 Å². The van der Waals surface area contributed by atoms with E-state index in [1.165, 1.54) is 25.7 Å². The summed E-state index contributed by atoms with van der Waals surface area (Å²) in [6, 6.07) is 15.6. The molecule has 0 aliphatic carbocycles. The maximum absolute atomic E-state index is 12.9. The maximum Gasteiger partial charge on any atom is 0.272 e. The molecule has 3 rings (SSSR count). The summed E-state index contributed by atoms with van der Waals surface area (Å²) in [5, 5.41) is 9.34. The van der Waals surface area contributed by atoms with Gasteiger partial charge in [0.25, 0.3) is 5.91 Å². The Kier molecular flexibility index (Phi) is 7.70. The molecule has 4 nitrogen and oxygen atoms in total. The summed E-state index contributed by atoms with van der Waals surface area (Å²) in [5.74, 6) is 0.590. The number of hydrogen-bond acceptors (Lipinski definition) is 2. The van der Waals surface area contributed by atoms with E-state index in [4.69, 9.17) is 11.6 Å². The summed E-state index contributed by atoms with van der Waals surface area (Å²) in [7, 11) is 0. The van der Waals surface area contributed by atoms with Crippen molar-refractivity contribution in [2.75, 3.05) is 6.54 Å². The minimum Gasteiger partial charge on any atom is -0.351 e. The van der Waals surface area contributed by atoms with Crippen molar-refractivity contribution in [2.45, 2.75) is 52.5 Å². The number of fused-ring (bicyclic) bond motifs is 1. The molecule has 0 bridgehead atoms. The lowest BCUT2D eigenvalue weighted by atomic mass is 9.95. The van der Waals surface area contributed by atoms with Gasteiger partial charge in [-0.15, -0.1) is 0 Å². The Bertz CT molecular complexity index is 927. The quantitative estimate of drug-likeness (QED) is 0.439. The molecule has 0 fully saturated rings. The molecular formula is C24H30ClN3O. The molecule has 0 atom stereocenters.